The van der Waals surface area contributed by atoms with Crippen molar-refractivity contribution in [2.45, 2.75) is 0 Å². The number of nitrogens with one attached hydrogen (secondary N) is 1. The number of rotatable bonds is 2. The normalized spacial score (nSPS) is 10.1. The van der Waals surface area contributed by atoms with Crippen LogP contribution in [0.25, 0.3) is 0 Å². The lowest BCUT2D eigenvalue weighted by Crippen LogP contribution is -2.13. The second-order valence-corrected chi connectivity index (χ2v) is 4.40. The molecule has 4 nitrogen and oxygen atoms in total. The number of nitrogens with two attached hydrogens (primary N) is 1. The molecule has 1 aromatic carbocycles. The maximum Gasteiger partial charge on any atom is 0.255 e. The first kappa shape index (κ1) is 12.5. The predicted molar refractivity (Wildman–Crippen MR) is 70.7 cm³/mol. The fourth-order valence-electron chi connectivity index (χ4n) is 1.35. The lowest BCUT2D eigenvalue weighted by molar-refractivity contribution is 0.102. The largest absolute Gasteiger partial charge is 0.396 e. The second-order valence-electron chi connectivity index (χ2n) is 3.55. The third kappa shape index (κ3) is 2.65. The number of anilines is 2. The number of nitrogen functional groups attached to an aromatic ring is 1. The van der Waals surface area contributed by atoms with E-state index in [4.69, 9.17) is 5.73 Å². The van der Waals surface area contributed by atoms with Crippen LogP contribution in [-0.4, -0.2) is 10.9 Å². The molecular formula is C12H9BrFN3O. The van der Waals surface area contributed by atoms with Gasteiger partial charge in [0.05, 0.1) is 22.0 Å². The van der Waals surface area contributed by atoms with E-state index >= 15 is 0 Å². The summed E-state index contributed by atoms with van der Waals surface area (Å²) in [5.74, 6) is -0.788. The van der Waals surface area contributed by atoms with E-state index in [1.54, 1.807) is 6.07 Å². The van der Waals surface area contributed by atoms with E-state index in [0.717, 1.165) is 0 Å². The fraction of sp³-hybridized carbons (Fsp3) is 0. The monoisotopic (exact) mass is 309 g/mol. The van der Waals surface area contributed by atoms with Crippen LogP contribution in [0.2, 0.25) is 0 Å². The number of amides is 1. The summed E-state index contributed by atoms with van der Waals surface area (Å²) in [7, 11) is 0. The van der Waals surface area contributed by atoms with Crippen molar-refractivity contribution in [3.05, 3.63) is 52.5 Å². The summed E-state index contributed by atoms with van der Waals surface area (Å²) >= 11 is 3.02. The highest BCUT2D eigenvalue weighted by Gasteiger charge is 2.10. The van der Waals surface area contributed by atoms with Crippen molar-refractivity contribution in [1.82, 2.24) is 4.98 Å². The number of hydrogen-bond donors (Lipinski definition) is 2. The Bertz CT molecular complexity index is 604. The molecular weight excluding hydrogens is 301 g/mol. The summed E-state index contributed by atoms with van der Waals surface area (Å²) in [4.78, 5) is 15.7. The van der Waals surface area contributed by atoms with Crippen molar-refractivity contribution in [1.29, 1.82) is 0 Å². The van der Waals surface area contributed by atoms with Crippen LogP contribution >= 0.6 is 15.9 Å². The van der Waals surface area contributed by atoms with Gasteiger partial charge in [0.15, 0.2) is 0 Å². The standard InChI is InChI=1S/C12H9BrFN3O/c13-8-5-7(1-2-9(8)14)12(18)17-11-3-4-16-6-10(11)15/h1-6H,15H2,(H,16,17,18). The van der Waals surface area contributed by atoms with E-state index < -0.39 is 5.82 Å². The first-order valence-electron chi connectivity index (χ1n) is 5.04. The van der Waals surface area contributed by atoms with E-state index in [2.05, 4.69) is 26.2 Å². The molecule has 2 rings (SSSR count). The molecule has 0 aliphatic heterocycles. The molecule has 0 spiro atoms. The minimum absolute atomic E-state index is 0.234. The van der Waals surface area contributed by atoms with Gasteiger partial charge in [-0.15, -0.1) is 0 Å². The Kier molecular flexibility index (Phi) is 3.57. The van der Waals surface area contributed by atoms with Crippen LogP contribution in [0, 0.1) is 5.82 Å². The highest BCUT2D eigenvalue weighted by molar-refractivity contribution is 9.10. The Morgan fingerprint density at radius 2 is 2.17 bits per heavy atom. The first-order valence-corrected chi connectivity index (χ1v) is 5.83. The van der Waals surface area contributed by atoms with Crippen LogP contribution in [0.15, 0.2) is 41.1 Å². The Hall–Kier alpha value is -1.95. The van der Waals surface area contributed by atoms with Gasteiger partial charge in [0.2, 0.25) is 0 Å². The minimum atomic E-state index is -0.421. The number of carbonyl (C=O) groups is 1. The van der Waals surface area contributed by atoms with Crippen LogP contribution in [0.4, 0.5) is 15.8 Å². The number of pyridine rings is 1. The number of hydrogen-bond acceptors (Lipinski definition) is 3. The molecule has 0 atom stereocenters. The van der Waals surface area contributed by atoms with Gasteiger partial charge in [-0.25, -0.2) is 4.39 Å². The summed E-state index contributed by atoms with van der Waals surface area (Å²) in [5.41, 5.74) is 6.82. The quantitative estimate of drug-likeness (QED) is 0.896. The van der Waals surface area contributed by atoms with Gasteiger partial charge in [-0.2, -0.15) is 0 Å². The molecule has 0 unspecified atom stereocenters. The zero-order valence-corrected chi connectivity index (χ0v) is 10.7. The molecule has 0 aliphatic rings. The van der Waals surface area contributed by atoms with Crippen LogP contribution in [0.5, 0.6) is 0 Å². The molecule has 1 aromatic heterocycles. The molecule has 0 fully saturated rings. The molecule has 0 radical (unpaired) electrons. The van der Waals surface area contributed by atoms with Gasteiger partial charge < -0.3 is 11.1 Å². The van der Waals surface area contributed by atoms with Gasteiger partial charge in [0.1, 0.15) is 5.82 Å². The molecule has 2 aromatic rings. The topological polar surface area (TPSA) is 68.0 Å². The average molecular weight is 310 g/mol. The zero-order chi connectivity index (χ0) is 13.1. The number of benzene rings is 1. The highest BCUT2D eigenvalue weighted by Crippen LogP contribution is 2.19. The maximum atomic E-state index is 13.0. The number of halogens is 2. The van der Waals surface area contributed by atoms with Crippen molar-refractivity contribution in [3.63, 3.8) is 0 Å². The van der Waals surface area contributed by atoms with Crippen LogP contribution < -0.4 is 11.1 Å². The molecule has 0 saturated carbocycles. The molecule has 6 heteroatoms. The third-order valence-electron chi connectivity index (χ3n) is 2.28. The molecule has 3 N–H and O–H groups in total. The smallest absolute Gasteiger partial charge is 0.255 e. The zero-order valence-electron chi connectivity index (χ0n) is 9.15. The summed E-state index contributed by atoms with van der Waals surface area (Å²) < 4.78 is 13.3. The second kappa shape index (κ2) is 5.14. The molecule has 0 saturated heterocycles. The summed E-state index contributed by atoms with van der Waals surface area (Å²) in [6, 6.07) is 5.61. The molecule has 0 bridgehead atoms. The van der Waals surface area contributed by atoms with Crippen molar-refractivity contribution >= 4 is 33.2 Å². The molecule has 92 valence electrons. The minimum Gasteiger partial charge on any atom is -0.396 e. The number of aromatic nitrogens is 1. The van der Waals surface area contributed by atoms with E-state index in [-0.39, 0.29) is 10.4 Å². The lowest BCUT2D eigenvalue weighted by Gasteiger charge is -2.07. The third-order valence-corrected chi connectivity index (χ3v) is 2.89. The van der Waals surface area contributed by atoms with Gasteiger partial charge in [0, 0.05) is 11.8 Å². The van der Waals surface area contributed by atoms with E-state index in [1.165, 1.54) is 30.6 Å². The van der Waals surface area contributed by atoms with Gasteiger partial charge in [-0.05, 0) is 40.2 Å². The van der Waals surface area contributed by atoms with Gasteiger partial charge >= 0.3 is 0 Å². The Labute approximate surface area is 111 Å². The van der Waals surface area contributed by atoms with Crippen LogP contribution in [0.1, 0.15) is 10.4 Å². The Morgan fingerprint density at radius 3 is 2.83 bits per heavy atom. The van der Waals surface area contributed by atoms with Crippen molar-refractivity contribution in [3.8, 4) is 0 Å². The Morgan fingerprint density at radius 1 is 1.39 bits per heavy atom. The Balaban J connectivity index is 2.22. The van der Waals surface area contributed by atoms with Crippen LogP contribution in [0.3, 0.4) is 0 Å². The molecule has 1 amide bonds. The highest BCUT2D eigenvalue weighted by atomic mass is 79.9. The summed E-state index contributed by atoms with van der Waals surface area (Å²) in [6.07, 6.45) is 2.96. The van der Waals surface area contributed by atoms with Gasteiger partial charge in [-0.3, -0.25) is 9.78 Å². The van der Waals surface area contributed by atoms with Gasteiger partial charge in [0.25, 0.3) is 5.91 Å². The van der Waals surface area contributed by atoms with E-state index in [1.807, 2.05) is 0 Å². The van der Waals surface area contributed by atoms with Crippen molar-refractivity contribution in [2.75, 3.05) is 11.1 Å². The van der Waals surface area contributed by atoms with Crippen molar-refractivity contribution in [2.24, 2.45) is 0 Å². The first-order chi connectivity index (χ1) is 8.58. The fourth-order valence-corrected chi connectivity index (χ4v) is 1.73. The number of nitrogens with zero attached hydrogens (tertiary/aromatic N) is 1. The van der Waals surface area contributed by atoms with E-state index in [9.17, 15) is 9.18 Å². The maximum absolute atomic E-state index is 13.0. The molecule has 18 heavy (non-hydrogen) atoms. The van der Waals surface area contributed by atoms with Crippen molar-refractivity contribution < 1.29 is 9.18 Å². The SMILES string of the molecule is Nc1cnccc1NC(=O)c1ccc(F)c(Br)c1. The van der Waals surface area contributed by atoms with Crippen LogP contribution in [-0.2, 0) is 0 Å². The average Bonchev–Trinajstić information content (AvgIpc) is 2.35. The summed E-state index contributed by atoms with van der Waals surface area (Å²) in [5, 5.41) is 2.63. The van der Waals surface area contributed by atoms with Gasteiger partial charge in [-0.1, -0.05) is 0 Å². The number of carbonyl (C=O) groups excluding carboxylic acids is 1. The summed E-state index contributed by atoms with van der Waals surface area (Å²) in [6.45, 7) is 0. The van der Waals surface area contributed by atoms with E-state index in [0.29, 0.717) is 16.9 Å². The lowest BCUT2D eigenvalue weighted by atomic mass is 10.2. The molecule has 0 aliphatic carbocycles. The molecule has 1 heterocycles. The predicted octanol–water partition coefficient (Wildman–Crippen LogP) is 2.82.